The molecule has 0 aliphatic carbocycles. The largest absolute Gasteiger partial charge is 0.353 e. The number of hydrogen-bond donors (Lipinski definition) is 2. The van der Waals surface area contributed by atoms with Gasteiger partial charge in [-0.25, -0.2) is 4.98 Å². The van der Waals surface area contributed by atoms with E-state index in [0.717, 1.165) is 12.8 Å². The smallest absolute Gasteiger partial charge is 0.255 e. The number of aromatic nitrogens is 3. The zero-order valence-electron chi connectivity index (χ0n) is 13.7. The number of H-pyrrole nitrogens is 1. The van der Waals surface area contributed by atoms with E-state index in [9.17, 15) is 9.59 Å². The van der Waals surface area contributed by atoms with Gasteiger partial charge in [0.1, 0.15) is 5.69 Å². The summed E-state index contributed by atoms with van der Waals surface area (Å²) in [6.45, 7) is 5.76. The van der Waals surface area contributed by atoms with Crippen molar-refractivity contribution in [1.29, 1.82) is 0 Å². The van der Waals surface area contributed by atoms with Crippen LogP contribution in [0.3, 0.4) is 0 Å². The van der Waals surface area contributed by atoms with Crippen LogP contribution in [0.4, 0.5) is 0 Å². The van der Waals surface area contributed by atoms with Gasteiger partial charge in [0.2, 0.25) is 5.91 Å². The standard InChI is InChI=1S/C17H22N4O2/c1-4-7-11(2)19-15(22)10-13-12(3)20-16(21-17(13)23)14-8-5-6-9-18-14/h5-6,8-9,11H,4,7,10H2,1-3H3,(H,19,22)(H,20,21,23)/t11-/m1/s1. The molecule has 0 fully saturated rings. The van der Waals surface area contributed by atoms with Crippen molar-refractivity contribution in [2.75, 3.05) is 0 Å². The molecule has 1 atom stereocenters. The zero-order chi connectivity index (χ0) is 16.8. The number of rotatable bonds is 6. The summed E-state index contributed by atoms with van der Waals surface area (Å²) in [5, 5.41) is 2.90. The summed E-state index contributed by atoms with van der Waals surface area (Å²) in [5.74, 6) is 0.253. The normalized spacial score (nSPS) is 12.0. The summed E-state index contributed by atoms with van der Waals surface area (Å²) in [6.07, 6.45) is 3.59. The Kier molecular flexibility index (Phi) is 5.62. The van der Waals surface area contributed by atoms with Gasteiger partial charge < -0.3 is 10.3 Å². The van der Waals surface area contributed by atoms with Gasteiger partial charge in [-0.2, -0.15) is 0 Å². The van der Waals surface area contributed by atoms with Crippen molar-refractivity contribution in [2.45, 2.75) is 46.1 Å². The van der Waals surface area contributed by atoms with Gasteiger partial charge >= 0.3 is 0 Å². The Morgan fingerprint density at radius 2 is 2.17 bits per heavy atom. The molecule has 0 radical (unpaired) electrons. The van der Waals surface area contributed by atoms with Gasteiger partial charge in [0, 0.05) is 23.5 Å². The van der Waals surface area contributed by atoms with Gasteiger partial charge in [-0.05, 0) is 32.4 Å². The molecule has 0 unspecified atom stereocenters. The van der Waals surface area contributed by atoms with Crippen LogP contribution in [-0.4, -0.2) is 26.9 Å². The molecule has 0 aliphatic rings. The maximum atomic E-state index is 12.3. The van der Waals surface area contributed by atoms with Crippen molar-refractivity contribution in [2.24, 2.45) is 0 Å². The van der Waals surface area contributed by atoms with Gasteiger partial charge in [0.05, 0.1) is 6.42 Å². The molecule has 0 saturated carbocycles. The highest BCUT2D eigenvalue weighted by atomic mass is 16.2. The Hall–Kier alpha value is -2.50. The number of aryl methyl sites for hydroxylation is 1. The number of hydrogen-bond acceptors (Lipinski definition) is 4. The van der Waals surface area contributed by atoms with Crippen molar-refractivity contribution in [3.05, 3.63) is 46.0 Å². The van der Waals surface area contributed by atoms with Gasteiger partial charge in [-0.15, -0.1) is 0 Å². The molecule has 2 aromatic heterocycles. The molecule has 23 heavy (non-hydrogen) atoms. The maximum absolute atomic E-state index is 12.3. The number of amides is 1. The van der Waals surface area contributed by atoms with Crippen LogP contribution < -0.4 is 10.9 Å². The van der Waals surface area contributed by atoms with Gasteiger partial charge in [0.25, 0.3) is 5.56 Å². The van der Waals surface area contributed by atoms with E-state index in [4.69, 9.17) is 0 Å². The first-order chi connectivity index (χ1) is 11.0. The highest BCUT2D eigenvalue weighted by Gasteiger charge is 2.15. The molecule has 6 nitrogen and oxygen atoms in total. The van der Waals surface area contributed by atoms with Gasteiger partial charge in [-0.3, -0.25) is 14.6 Å². The lowest BCUT2D eigenvalue weighted by Crippen LogP contribution is -2.35. The molecule has 0 aromatic carbocycles. The van der Waals surface area contributed by atoms with Crippen LogP contribution in [0.15, 0.2) is 29.2 Å². The third-order valence-corrected chi connectivity index (χ3v) is 3.60. The minimum atomic E-state index is -0.295. The van der Waals surface area contributed by atoms with Crippen molar-refractivity contribution < 1.29 is 4.79 Å². The third-order valence-electron chi connectivity index (χ3n) is 3.60. The van der Waals surface area contributed by atoms with E-state index in [-0.39, 0.29) is 23.9 Å². The first-order valence-corrected chi connectivity index (χ1v) is 7.81. The van der Waals surface area contributed by atoms with Crippen LogP contribution in [-0.2, 0) is 11.2 Å². The summed E-state index contributed by atoms with van der Waals surface area (Å²) in [4.78, 5) is 35.6. The second kappa shape index (κ2) is 7.67. The Morgan fingerprint density at radius 1 is 1.39 bits per heavy atom. The molecule has 0 aliphatic heterocycles. The van der Waals surface area contributed by atoms with Crippen LogP contribution in [0.5, 0.6) is 0 Å². The minimum absolute atomic E-state index is 0.0325. The summed E-state index contributed by atoms with van der Waals surface area (Å²) in [6, 6.07) is 5.50. The fourth-order valence-electron chi connectivity index (χ4n) is 2.43. The fourth-order valence-corrected chi connectivity index (χ4v) is 2.43. The number of carbonyl (C=O) groups excluding carboxylic acids is 1. The highest BCUT2D eigenvalue weighted by Crippen LogP contribution is 2.11. The van der Waals surface area contributed by atoms with E-state index >= 15 is 0 Å². The average Bonchev–Trinajstić information content (AvgIpc) is 2.51. The molecule has 2 N–H and O–H groups in total. The van der Waals surface area contributed by atoms with E-state index < -0.39 is 0 Å². The van der Waals surface area contributed by atoms with Crippen molar-refractivity contribution in [1.82, 2.24) is 20.3 Å². The molecule has 122 valence electrons. The molecular weight excluding hydrogens is 292 g/mol. The van der Waals surface area contributed by atoms with Gasteiger partial charge in [0.15, 0.2) is 5.82 Å². The van der Waals surface area contributed by atoms with E-state index in [2.05, 4.69) is 27.2 Å². The monoisotopic (exact) mass is 314 g/mol. The number of nitrogens with one attached hydrogen (secondary N) is 2. The summed E-state index contributed by atoms with van der Waals surface area (Å²) in [7, 11) is 0. The van der Waals surface area contributed by atoms with Crippen LogP contribution in [0, 0.1) is 6.92 Å². The third kappa shape index (κ3) is 4.48. The van der Waals surface area contributed by atoms with Crippen LogP contribution >= 0.6 is 0 Å². The first kappa shape index (κ1) is 16.9. The minimum Gasteiger partial charge on any atom is -0.353 e. The lowest BCUT2D eigenvalue weighted by Gasteiger charge is -2.13. The number of pyridine rings is 1. The lowest BCUT2D eigenvalue weighted by atomic mass is 10.1. The second-order valence-corrected chi connectivity index (χ2v) is 5.63. The van der Waals surface area contributed by atoms with Crippen LogP contribution in [0.25, 0.3) is 11.5 Å². The molecular formula is C17H22N4O2. The lowest BCUT2D eigenvalue weighted by molar-refractivity contribution is -0.121. The first-order valence-electron chi connectivity index (χ1n) is 7.81. The average molecular weight is 314 g/mol. The maximum Gasteiger partial charge on any atom is 0.255 e. The van der Waals surface area contributed by atoms with E-state index in [1.54, 1.807) is 25.3 Å². The summed E-state index contributed by atoms with van der Waals surface area (Å²) < 4.78 is 0. The van der Waals surface area contributed by atoms with Crippen molar-refractivity contribution in [3.63, 3.8) is 0 Å². The molecule has 2 heterocycles. The molecule has 0 bridgehead atoms. The molecule has 2 rings (SSSR count). The Bertz CT molecular complexity index is 725. The quantitative estimate of drug-likeness (QED) is 0.853. The van der Waals surface area contributed by atoms with Crippen LogP contribution in [0.1, 0.15) is 37.9 Å². The Labute approximate surface area is 135 Å². The van der Waals surface area contributed by atoms with Crippen LogP contribution in [0.2, 0.25) is 0 Å². The number of nitrogens with zero attached hydrogens (tertiary/aromatic N) is 2. The van der Waals surface area contributed by atoms with Crippen molar-refractivity contribution in [3.8, 4) is 11.5 Å². The SMILES string of the molecule is CCC[C@@H](C)NC(=O)Cc1c(C)nc(-c2ccccn2)[nH]c1=O. The topological polar surface area (TPSA) is 87.7 Å². The summed E-state index contributed by atoms with van der Waals surface area (Å²) in [5.41, 5.74) is 1.25. The molecule has 0 saturated heterocycles. The molecule has 2 aromatic rings. The van der Waals surface area contributed by atoms with E-state index in [0.29, 0.717) is 22.8 Å². The van der Waals surface area contributed by atoms with E-state index in [1.807, 2.05) is 13.0 Å². The van der Waals surface area contributed by atoms with Crippen molar-refractivity contribution >= 4 is 5.91 Å². The number of aromatic amines is 1. The van der Waals surface area contributed by atoms with Gasteiger partial charge in [-0.1, -0.05) is 19.4 Å². The second-order valence-electron chi connectivity index (χ2n) is 5.63. The fraction of sp³-hybridized carbons (Fsp3) is 0.412. The zero-order valence-corrected chi connectivity index (χ0v) is 13.7. The Morgan fingerprint density at radius 3 is 2.78 bits per heavy atom. The highest BCUT2D eigenvalue weighted by molar-refractivity contribution is 5.79. The molecule has 0 spiro atoms. The molecule has 6 heteroatoms. The Balaban J connectivity index is 2.18. The number of carbonyl (C=O) groups is 1. The molecule has 1 amide bonds. The predicted octanol–water partition coefficient (Wildman–Crippen LogP) is 1.99. The van der Waals surface area contributed by atoms with E-state index in [1.165, 1.54) is 0 Å². The predicted molar refractivity (Wildman–Crippen MR) is 89.0 cm³/mol. The summed E-state index contributed by atoms with van der Waals surface area (Å²) >= 11 is 0.